The summed E-state index contributed by atoms with van der Waals surface area (Å²) in [6.45, 7) is 6.63. The molecule has 1 spiro atoms. The van der Waals surface area contributed by atoms with Crippen molar-refractivity contribution in [3.8, 4) is 0 Å². The lowest BCUT2D eigenvalue weighted by atomic mass is 9.54. The average Bonchev–Trinajstić information content (AvgIpc) is 2.86. The highest BCUT2D eigenvalue weighted by molar-refractivity contribution is 5.75. The molecule has 6 nitrogen and oxygen atoms in total. The molecular formula is C29H41N3O3. The van der Waals surface area contributed by atoms with Gasteiger partial charge in [-0.3, -0.25) is 4.79 Å². The van der Waals surface area contributed by atoms with Crippen LogP contribution in [0.15, 0.2) is 24.3 Å². The van der Waals surface area contributed by atoms with E-state index in [1.807, 2.05) is 13.8 Å². The van der Waals surface area contributed by atoms with E-state index in [4.69, 9.17) is 4.74 Å². The summed E-state index contributed by atoms with van der Waals surface area (Å²) < 4.78 is 5.32. The van der Waals surface area contributed by atoms with Crippen LogP contribution < -0.4 is 10.6 Å². The normalized spacial score (nSPS) is 35.4. The summed E-state index contributed by atoms with van der Waals surface area (Å²) in [5.41, 5.74) is 2.58. The van der Waals surface area contributed by atoms with Crippen molar-refractivity contribution in [2.45, 2.75) is 76.3 Å². The van der Waals surface area contributed by atoms with Crippen LogP contribution in [-0.4, -0.2) is 49.2 Å². The molecule has 2 unspecified atom stereocenters. The zero-order valence-electron chi connectivity index (χ0n) is 21.3. The molecule has 6 heteroatoms. The Hall–Kier alpha value is -2.08. The summed E-state index contributed by atoms with van der Waals surface area (Å²) in [5.74, 6) is 2.88. The van der Waals surface area contributed by atoms with Gasteiger partial charge in [-0.1, -0.05) is 31.2 Å². The van der Waals surface area contributed by atoms with Crippen LogP contribution >= 0.6 is 0 Å². The molecule has 0 aromatic heterocycles. The molecule has 35 heavy (non-hydrogen) atoms. The summed E-state index contributed by atoms with van der Waals surface area (Å²) in [6.07, 6.45) is 8.66. The van der Waals surface area contributed by atoms with E-state index in [-0.39, 0.29) is 29.4 Å². The largest absolute Gasteiger partial charge is 0.466 e. The van der Waals surface area contributed by atoms with Gasteiger partial charge in [-0.2, -0.15) is 0 Å². The van der Waals surface area contributed by atoms with Gasteiger partial charge in [-0.25, -0.2) is 4.79 Å². The Labute approximate surface area is 209 Å². The van der Waals surface area contributed by atoms with Gasteiger partial charge in [0.25, 0.3) is 0 Å². The quantitative estimate of drug-likeness (QED) is 0.628. The minimum Gasteiger partial charge on any atom is -0.466 e. The fourth-order valence-electron chi connectivity index (χ4n) is 8.60. The van der Waals surface area contributed by atoms with Crippen molar-refractivity contribution in [1.82, 2.24) is 15.5 Å². The number of urea groups is 1. The summed E-state index contributed by atoms with van der Waals surface area (Å²) in [7, 11) is 0. The standard InChI is InChI=1S/C29H41N3O3/c1-3-35-27(33)18(2)25-23-6-4-5-7-24(23)29(17-30-25)8-10-32(11-9-29)28(34)31-26-21-13-19-12-20(15-21)16-22(26)14-19/h4-7,18-22,25-26,30H,3,8-17H2,1-2H3,(H,31,34). The molecule has 2 amide bonds. The first kappa shape index (κ1) is 23.3. The lowest BCUT2D eigenvalue weighted by Gasteiger charge is -2.54. The van der Waals surface area contributed by atoms with Gasteiger partial charge in [0, 0.05) is 37.1 Å². The van der Waals surface area contributed by atoms with Crippen LogP contribution in [0.1, 0.15) is 76.0 Å². The number of fused-ring (bicyclic) bond motifs is 2. The minimum absolute atomic E-state index is 0.0148. The van der Waals surface area contributed by atoms with Crippen LogP contribution in [0.5, 0.6) is 0 Å². The molecule has 2 heterocycles. The lowest BCUT2D eigenvalue weighted by molar-refractivity contribution is -0.148. The van der Waals surface area contributed by atoms with Gasteiger partial charge < -0.3 is 20.3 Å². The number of carbonyl (C=O) groups excluding carboxylic acids is 2. The smallest absolute Gasteiger partial charge is 0.317 e. The van der Waals surface area contributed by atoms with Crippen LogP contribution in [0.4, 0.5) is 4.79 Å². The molecule has 1 aromatic carbocycles. The third-order valence-corrected chi connectivity index (χ3v) is 10.2. The number of ether oxygens (including phenoxy) is 1. The third-order valence-electron chi connectivity index (χ3n) is 10.2. The molecule has 190 valence electrons. The number of nitrogens with zero attached hydrogens (tertiary/aromatic N) is 1. The maximum Gasteiger partial charge on any atom is 0.317 e. The van der Waals surface area contributed by atoms with E-state index in [0.29, 0.717) is 24.5 Å². The van der Waals surface area contributed by atoms with Crippen molar-refractivity contribution in [3.05, 3.63) is 35.4 Å². The molecule has 7 rings (SSSR count). The summed E-state index contributed by atoms with van der Waals surface area (Å²) in [5, 5.41) is 7.21. The summed E-state index contributed by atoms with van der Waals surface area (Å²) >= 11 is 0. The van der Waals surface area contributed by atoms with Gasteiger partial charge in [-0.05, 0) is 86.7 Å². The SMILES string of the molecule is CCOC(=O)C(C)C1NCC2(CCN(C(=O)NC3C4CC5CC(C4)CC3C5)CC2)c2ccccc21. The molecule has 1 aromatic rings. The zero-order chi connectivity index (χ0) is 24.2. The van der Waals surface area contributed by atoms with Crippen LogP contribution in [0, 0.1) is 29.6 Å². The minimum atomic E-state index is -0.236. The molecule has 6 aliphatic rings. The second-order valence-electron chi connectivity index (χ2n) is 12.2. The fraction of sp³-hybridized carbons (Fsp3) is 0.724. The van der Waals surface area contributed by atoms with Crippen LogP contribution in [-0.2, 0) is 14.9 Å². The van der Waals surface area contributed by atoms with Crippen molar-refractivity contribution in [1.29, 1.82) is 0 Å². The molecule has 5 fully saturated rings. The number of rotatable bonds is 4. The lowest BCUT2D eigenvalue weighted by Crippen LogP contribution is -2.60. The van der Waals surface area contributed by atoms with E-state index in [9.17, 15) is 9.59 Å². The maximum absolute atomic E-state index is 13.3. The van der Waals surface area contributed by atoms with Crippen LogP contribution in [0.2, 0.25) is 0 Å². The monoisotopic (exact) mass is 479 g/mol. The molecule has 1 saturated heterocycles. The fourth-order valence-corrected chi connectivity index (χ4v) is 8.60. The molecule has 2 aliphatic heterocycles. The van der Waals surface area contributed by atoms with Crippen molar-refractivity contribution >= 4 is 12.0 Å². The topological polar surface area (TPSA) is 70.7 Å². The first-order valence-corrected chi connectivity index (χ1v) is 14.0. The van der Waals surface area contributed by atoms with E-state index in [2.05, 4.69) is 39.8 Å². The second kappa shape index (κ2) is 9.10. The van der Waals surface area contributed by atoms with Gasteiger partial charge >= 0.3 is 12.0 Å². The molecule has 2 atom stereocenters. The van der Waals surface area contributed by atoms with Gasteiger partial charge in [0.1, 0.15) is 0 Å². The molecule has 0 radical (unpaired) electrons. The number of carbonyl (C=O) groups is 2. The molecule has 4 saturated carbocycles. The maximum atomic E-state index is 13.3. The van der Waals surface area contributed by atoms with Crippen molar-refractivity contribution in [3.63, 3.8) is 0 Å². The first-order chi connectivity index (χ1) is 17.0. The van der Waals surface area contributed by atoms with Crippen LogP contribution in [0.3, 0.4) is 0 Å². The van der Waals surface area contributed by atoms with Gasteiger partial charge in [-0.15, -0.1) is 0 Å². The molecule has 4 aliphatic carbocycles. The number of piperidine rings is 1. The Morgan fingerprint density at radius 2 is 1.74 bits per heavy atom. The third kappa shape index (κ3) is 4.06. The van der Waals surface area contributed by atoms with Gasteiger partial charge in [0.15, 0.2) is 0 Å². The average molecular weight is 480 g/mol. The Morgan fingerprint density at radius 1 is 1.09 bits per heavy atom. The number of hydrogen-bond donors (Lipinski definition) is 2. The predicted molar refractivity (Wildman–Crippen MR) is 135 cm³/mol. The van der Waals surface area contributed by atoms with E-state index >= 15 is 0 Å². The summed E-state index contributed by atoms with van der Waals surface area (Å²) in [4.78, 5) is 27.9. The number of nitrogens with one attached hydrogen (secondary N) is 2. The number of benzene rings is 1. The van der Waals surface area contributed by atoms with E-state index in [1.54, 1.807) is 0 Å². The Morgan fingerprint density at radius 3 is 2.40 bits per heavy atom. The predicted octanol–water partition coefficient (Wildman–Crippen LogP) is 4.40. The highest BCUT2D eigenvalue weighted by Gasteiger charge is 2.49. The Bertz CT molecular complexity index is 942. The number of likely N-dealkylation sites (tertiary alicyclic amines) is 1. The van der Waals surface area contributed by atoms with Crippen molar-refractivity contribution < 1.29 is 14.3 Å². The Kier molecular flexibility index (Phi) is 6.06. The first-order valence-electron chi connectivity index (χ1n) is 14.0. The molecular weight excluding hydrogens is 438 g/mol. The number of amides is 2. The van der Waals surface area contributed by atoms with E-state index in [1.165, 1.54) is 43.2 Å². The zero-order valence-corrected chi connectivity index (χ0v) is 21.3. The van der Waals surface area contributed by atoms with Crippen molar-refractivity contribution in [2.75, 3.05) is 26.2 Å². The molecule has 2 N–H and O–H groups in total. The number of esters is 1. The van der Waals surface area contributed by atoms with E-state index < -0.39 is 0 Å². The summed E-state index contributed by atoms with van der Waals surface area (Å²) in [6, 6.07) is 9.10. The number of hydrogen-bond acceptors (Lipinski definition) is 4. The Balaban J connectivity index is 1.12. The van der Waals surface area contributed by atoms with Gasteiger partial charge in [0.05, 0.1) is 12.5 Å². The highest BCUT2D eigenvalue weighted by Crippen LogP contribution is 2.53. The van der Waals surface area contributed by atoms with Gasteiger partial charge in [0.2, 0.25) is 0 Å². The van der Waals surface area contributed by atoms with Crippen LogP contribution in [0.25, 0.3) is 0 Å². The highest BCUT2D eigenvalue weighted by atomic mass is 16.5. The van der Waals surface area contributed by atoms with E-state index in [0.717, 1.165) is 44.3 Å². The molecule has 4 bridgehead atoms. The van der Waals surface area contributed by atoms with Crippen molar-refractivity contribution in [2.24, 2.45) is 29.6 Å². The second-order valence-corrected chi connectivity index (χ2v) is 12.2.